The maximum atomic E-state index is 13.4. The number of halogens is 7. The molecular weight excluding hydrogens is 508 g/mol. The zero-order valence-electron chi connectivity index (χ0n) is 18.4. The predicted octanol–water partition coefficient (Wildman–Crippen LogP) is 6.86. The molecule has 36 heavy (non-hydrogen) atoms. The van der Waals surface area contributed by atoms with E-state index in [0.717, 1.165) is 24.3 Å². The van der Waals surface area contributed by atoms with Crippen molar-refractivity contribution in [1.29, 1.82) is 0 Å². The average molecular weight is 526 g/mol. The molecule has 1 amide bonds. The van der Waals surface area contributed by atoms with E-state index in [9.17, 15) is 31.1 Å². The highest BCUT2D eigenvalue weighted by molar-refractivity contribution is 6.30. The second kappa shape index (κ2) is 9.85. The Balaban J connectivity index is 1.63. The van der Waals surface area contributed by atoms with Gasteiger partial charge >= 0.3 is 12.4 Å². The number of hydrogen-bond acceptors (Lipinski definition) is 2. The molecule has 4 rings (SSSR count). The lowest BCUT2D eigenvalue weighted by Crippen LogP contribution is -2.25. The summed E-state index contributed by atoms with van der Waals surface area (Å²) in [6.07, 6.45) is -6.40. The molecule has 0 aliphatic heterocycles. The van der Waals surface area contributed by atoms with Gasteiger partial charge in [0.05, 0.1) is 21.8 Å². The Morgan fingerprint density at radius 3 is 2.31 bits per heavy atom. The van der Waals surface area contributed by atoms with Crippen LogP contribution in [0.25, 0.3) is 5.65 Å². The second-order valence-corrected chi connectivity index (χ2v) is 8.55. The summed E-state index contributed by atoms with van der Waals surface area (Å²) in [6, 6.07) is 12.4. The first kappa shape index (κ1) is 25.6. The van der Waals surface area contributed by atoms with Crippen LogP contribution in [0, 0.1) is 0 Å². The van der Waals surface area contributed by atoms with E-state index in [2.05, 4.69) is 10.3 Å². The molecular formula is C25H18ClF6N3O. The summed E-state index contributed by atoms with van der Waals surface area (Å²) >= 11 is 6.09. The summed E-state index contributed by atoms with van der Waals surface area (Å²) in [5.74, 6) is -1.41. The largest absolute Gasteiger partial charge is 0.416 e. The zero-order valence-corrected chi connectivity index (χ0v) is 19.1. The number of nitrogens with one attached hydrogen (secondary N) is 1. The molecule has 0 saturated carbocycles. The number of carbonyl (C=O) groups excluding carboxylic acids is 1. The molecule has 0 saturated heterocycles. The van der Waals surface area contributed by atoms with E-state index >= 15 is 0 Å². The molecule has 0 aliphatic carbocycles. The first-order chi connectivity index (χ1) is 16.9. The van der Waals surface area contributed by atoms with Gasteiger partial charge in [-0.15, -0.1) is 0 Å². The fourth-order valence-electron chi connectivity index (χ4n) is 3.87. The fraction of sp³-hybridized carbons (Fsp3) is 0.200. The topological polar surface area (TPSA) is 46.4 Å². The van der Waals surface area contributed by atoms with Crippen molar-refractivity contribution < 1.29 is 31.1 Å². The Morgan fingerprint density at radius 1 is 0.944 bits per heavy atom. The third-order valence-electron chi connectivity index (χ3n) is 5.60. The summed E-state index contributed by atoms with van der Waals surface area (Å²) in [4.78, 5) is 17.1. The Morgan fingerprint density at radius 2 is 1.61 bits per heavy atom. The number of pyridine rings is 1. The van der Waals surface area contributed by atoms with E-state index in [0.29, 0.717) is 16.4 Å². The van der Waals surface area contributed by atoms with Crippen LogP contribution in [0.15, 0.2) is 73.1 Å². The van der Waals surface area contributed by atoms with Crippen LogP contribution in [-0.2, 0) is 23.7 Å². The van der Waals surface area contributed by atoms with Crippen LogP contribution in [-0.4, -0.2) is 15.3 Å². The quantitative estimate of drug-likeness (QED) is 0.279. The van der Waals surface area contributed by atoms with Gasteiger partial charge in [0.25, 0.3) is 0 Å². The predicted molar refractivity (Wildman–Crippen MR) is 121 cm³/mol. The van der Waals surface area contributed by atoms with Gasteiger partial charge < -0.3 is 9.72 Å². The number of rotatable bonds is 6. The lowest BCUT2D eigenvalue weighted by atomic mass is 9.91. The molecule has 0 bridgehead atoms. The van der Waals surface area contributed by atoms with Gasteiger partial charge in [-0.25, -0.2) is 4.98 Å². The number of hydrogen-bond donors (Lipinski definition) is 1. The number of benzene rings is 2. The summed E-state index contributed by atoms with van der Waals surface area (Å²) in [5, 5.41) is 2.92. The summed E-state index contributed by atoms with van der Waals surface area (Å²) in [5.41, 5.74) is -0.354. The molecule has 4 nitrogen and oxygen atoms in total. The zero-order chi connectivity index (χ0) is 26.1. The normalized spacial score (nSPS) is 13.1. The second-order valence-electron chi connectivity index (χ2n) is 8.11. The maximum Gasteiger partial charge on any atom is 0.416 e. The highest BCUT2D eigenvalue weighted by Crippen LogP contribution is 2.35. The molecule has 0 aliphatic rings. The molecule has 0 spiro atoms. The van der Waals surface area contributed by atoms with Crippen molar-refractivity contribution in [3.05, 3.63) is 106 Å². The first-order valence-corrected chi connectivity index (χ1v) is 11.0. The standard InChI is InChI=1S/C25H18ClF6N3O/c26-19-7-8-22-33-13-21(35(22)14-19)20(16-4-2-6-18(10-16)25(30,31)32)11-23(36)34-12-15-3-1-5-17(9-15)24(27,28)29/h1-10,13-14,20H,11-12H2,(H,34,36). The molecule has 2 aromatic carbocycles. The summed E-state index contributed by atoms with van der Waals surface area (Å²) < 4.78 is 80.6. The maximum absolute atomic E-state index is 13.4. The Hall–Kier alpha value is -3.53. The SMILES string of the molecule is O=C(CC(c1cccc(C(F)(F)F)c1)c1cnc2ccc(Cl)cn12)NCc1cccc(C(F)(F)F)c1. The van der Waals surface area contributed by atoms with Crippen LogP contribution in [0.5, 0.6) is 0 Å². The number of fused-ring (bicyclic) bond motifs is 1. The molecule has 188 valence electrons. The van der Waals surface area contributed by atoms with Gasteiger partial charge in [-0.2, -0.15) is 26.3 Å². The van der Waals surface area contributed by atoms with Crippen molar-refractivity contribution in [2.45, 2.75) is 31.2 Å². The van der Waals surface area contributed by atoms with E-state index < -0.39 is 35.3 Å². The number of nitrogens with zero attached hydrogens (tertiary/aromatic N) is 2. The van der Waals surface area contributed by atoms with Gasteiger partial charge in [0, 0.05) is 31.3 Å². The van der Waals surface area contributed by atoms with Crippen molar-refractivity contribution in [3.63, 3.8) is 0 Å². The number of imidazole rings is 1. The minimum atomic E-state index is -4.59. The van der Waals surface area contributed by atoms with Gasteiger partial charge in [0.1, 0.15) is 5.65 Å². The van der Waals surface area contributed by atoms with Crippen LogP contribution in [0.3, 0.4) is 0 Å². The average Bonchev–Trinajstić information content (AvgIpc) is 3.23. The van der Waals surface area contributed by atoms with Crippen LogP contribution in [0.2, 0.25) is 5.02 Å². The van der Waals surface area contributed by atoms with E-state index in [-0.39, 0.29) is 24.1 Å². The minimum absolute atomic E-state index is 0.183. The van der Waals surface area contributed by atoms with Crippen molar-refractivity contribution in [2.75, 3.05) is 0 Å². The molecule has 0 fully saturated rings. The monoisotopic (exact) mass is 525 g/mol. The molecule has 4 aromatic rings. The number of amides is 1. The van der Waals surface area contributed by atoms with Crippen molar-refractivity contribution in [3.8, 4) is 0 Å². The Labute approximate surface area is 206 Å². The summed E-state index contributed by atoms with van der Waals surface area (Å²) in [7, 11) is 0. The van der Waals surface area contributed by atoms with Gasteiger partial charge in [0.2, 0.25) is 5.91 Å². The van der Waals surface area contributed by atoms with Gasteiger partial charge in [-0.05, 0) is 41.5 Å². The summed E-state index contributed by atoms with van der Waals surface area (Å²) in [6.45, 7) is -0.183. The van der Waals surface area contributed by atoms with E-state index in [1.165, 1.54) is 30.5 Å². The highest BCUT2D eigenvalue weighted by atomic mass is 35.5. The molecule has 1 N–H and O–H groups in total. The molecule has 1 atom stereocenters. The number of carbonyl (C=O) groups is 1. The van der Waals surface area contributed by atoms with Gasteiger partial charge in [0.15, 0.2) is 0 Å². The van der Waals surface area contributed by atoms with Gasteiger partial charge in [-0.3, -0.25) is 4.79 Å². The third kappa shape index (κ3) is 5.81. The molecule has 0 radical (unpaired) electrons. The Bertz CT molecular complexity index is 1400. The van der Waals surface area contributed by atoms with Crippen molar-refractivity contribution in [2.24, 2.45) is 0 Å². The van der Waals surface area contributed by atoms with Crippen molar-refractivity contribution in [1.82, 2.24) is 14.7 Å². The molecule has 11 heteroatoms. The third-order valence-corrected chi connectivity index (χ3v) is 5.83. The van der Waals surface area contributed by atoms with Crippen LogP contribution in [0.1, 0.15) is 40.3 Å². The minimum Gasteiger partial charge on any atom is -0.352 e. The van der Waals surface area contributed by atoms with Crippen LogP contribution >= 0.6 is 11.6 Å². The molecule has 2 aromatic heterocycles. The van der Waals surface area contributed by atoms with Crippen LogP contribution in [0.4, 0.5) is 26.3 Å². The van der Waals surface area contributed by atoms with E-state index in [1.807, 2.05) is 0 Å². The van der Waals surface area contributed by atoms with Crippen molar-refractivity contribution >= 4 is 23.2 Å². The van der Waals surface area contributed by atoms with Crippen LogP contribution < -0.4 is 5.32 Å². The smallest absolute Gasteiger partial charge is 0.352 e. The Kier molecular flexibility index (Phi) is 6.99. The lowest BCUT2D eigenvalue weighted by Gasteiger charge is -2.19. The fourth-order valence-corrected chi connectivity index (χ4v) is 4.03. The number of aromatic nitrogens is 2. The number of alkyl halides is 6. The van der Waals surface area contributed by atoms with E-state index in [1.54, 1.807) is 22.7 Å². The van der Waals surface area contributed by atoms with E-state index in [4.69, 9.17) is 11.6 Å². The molecule has 2 heterocycles. The first-order valence-electron chi connectivity index (χ1n) is 10.6. The highest BCUT2D eigenvalue weighted by Gasteiger charge is 2.32. The molecule has 1 unspecified atom stereocenters. The lowest BCUT2D eigenvalue weighted by molar-refractivity contribution is -0.138. The van der Waals surface area contributed by atoms with Gasteiger partial charge in [-0.1, -0.05) is 41.9 Å².